The van der Waals surface area contributed by atoms with Gasteiger partial charge in [0, 0.05) is 39.3 Å². The van der Waals surface area contributed by atoms with E-state index in [-0.39, 0.29) is 0 Å². The summed E-state index contributed by atoms with van der Waals surface area (Å²) in [7, 11) is 3.38. The highest BCUT2D eigenvalue weighted by atomic mass is 16.5. The molecular formula is C21H30N2O2. The van der Waals surface area contributed by atoms with Crippen LogP contribution in [0.2, 0.25) is 0 Å². The van der Waals surface area contributed by atoms with Crippen molar-refractivity contribution >= 4 is 0 Å². The molecule has 2 fully saturated rings. The maximum absolute atomic E-state index is 5.42. The molecule has 4 rings (SSSR count). The molecule has 0 amide bonds. The lowest BCUT2D eigenvalue weighted by atomic mass is 9.93. The highest BCUT2D eigenvalue weighted by molar-refractivity contribution is 5.42. The average Bonchev–Trinajstić information content (AvgIpc) is 3.26. The van der Waals surface area contributed by atoms with Crippen molar-refractivity contribution in [2.75, 3.05) is 46.9 Å². The molecule has 4 nitrogen and oxygen atoms in total. The number of rotatable bonds is 6. The summed E-state index contributed by atoms with van der Waals surface area (Å²) >= 11 is 0. The number of hydrogen-bond acceptors (Lipinski definition) is 4. The van der Waals surface area contributed by atoms with Gasteiger partial charge in [0.05, 0.1) is 14.2 Å². The molecule has 2 bridgehead atoms. The van der Waals surface area contributed by atoms with E-state index in [0.29, 0.717) is 0 Å². The Morgan fingerprint density at radius 1 is 0.920 bits per heavy atom. The van der Waals surface area contributed by atoms with Gasteiger partial charge in [0.15, 0.2) is 11.5 Å². The zero-order chi connectivity index (χ0) is 17.2. The fourth-order valence-electron chi connectivity index (χ4n) is 4.80. The van der Waals surface area contributed by atoms with Crippen molar-refractivity contribution in [3.63, 3.8) is 0 Å². The van der Waals surface area contributed by atoms with E-state index in [0.717, 1.165) is 48.9 Å². The summed E-state index contributed by atoms with van der Waals surface area (Å²) in [6.45, 7) is 7.01. The van der Waals surface area contributed by atoms with Crippen molar-refractivity contribution in [1.29, 1.82) is 0 Å². The molecule has 1 heterocycles. The topological polar surface area (TPSA) is 24.9 Å². The summed E-state index contributed by atoms with van der Waals surface area (Å²) in [5.74, 6) is 4.29. The number of ether oxygens (including phenoxy) is 2. The van der Waals surface area contributed by atoms with Gasteiger partial charge in [0.1, 0.15) is 0 Å². The van der Waals surface area contributed by atoms with Crippen LogP contribution in [-0.2, 0) is 6.54 Å². The quantitative estimate of drug-likeness (QED) is 0.742. The van der Waals surface area contributed by atoms with Crippen molar-refractivity contribution in [1.82, 2.24) is 9.80 Å². The van der Waals surface area contributed by atoms with E-state index in [1.54, 1.807) is 14.2 Å². The Kier molecular flexibility index (Phi) is 5.00. The molecule has 1 saturated heterocycles. The van der Waals surface area contributed by atoms with E-state index >= 15 is 0 Å². The zero-order valence-electron chi connectivity index (χ0n) is 15.5. The molecule has 0 spiro atoms. The second-order valence-electron chi connectivity index (χ2n) is 7.81. The smallest absolute Gasteiger partial charge is 0.161 e. The predicted molar refractivity (Wildman–Crippen MR) is 100 cm³/mol. The molecule has 0 unspecified atom stereocenters. The highest BCUT2D eigenvalue weighted by Crippen LogP contribution is 2.43. The highest BCUT2D eigenvalue weighted by Gasteiger charge is 2.36. The van der Waals surface area contributed by atoms with Crippen molar-refractivity contribution in [3.8, 4) is 11.5 Å². The minimum Gasteiger partial charge on any atom is -0.493 e. The van der Waals surface area contributed by atoms with Gasteiger partial charge in [0.25, 0.3) is 0 Å². The molecule has 1 saturated carbocycles. The van der Waals surface area contributed by atoms with E-state index in [4.69, 9.17) is 9.47 Å². The number of fused-ring (bicyclic) bond motifs is 2. The lowest BCUT2D eigenvalue weighted by Crippen LogP contribution is -2.47. The Labute approximate surface area is 151 Å². The molecule has 3 atom stereocenters. The second kappa shape index (κ2) is 7.38. The molecular weight excluding hydrogens is 312 g/mol. The number of nitrogens with zero attached hydrogens (tertiary/aromatic N) is 2. The lowest BCUT2D eigenvalue weighted by Gasteiger charge is -2.37. The third kappa shape index (κ3) is 3.70. The number of hydrogen-bond donors (Lipinski definition) is 0. The third-order valence-electron chi connectivity index (χ3n) is 6.23. The van der Waals surface area contributed by atoms with Gasteiger partial charge in [-0.1, -0.05) is 18.2 Å². The van der Waals surface area contributed by atoms with Gasteiger partial charge >= 0.3 is 0 Å². The van der Waals surface area contributed by atoms with E-state index in [1.807, 2.05) is 6.07 Å². The SMILES string of the molecule is COc1ccc(CN2CCN(C[C@H]3C[C@@H]4C=C[C@H]3C4)CC2)cc1OC. The van der Waals surface area contributed by atoms with Gasteiger partial charge in [-0.15, -0.1) is 0 Å². The molecule has 3 aliphatic rings. The molecule has 0 aromatic heterocycles. The zero-order valence-corrected chi connectivity index (χ0v) is 15.5. The van der Waals surface area contributed by atoms with Gasteiger partial charge in [-0.05, 0) is 48.3 Å². The number of piperazine rings is 1. The Morgan fingerprint density at radius 2 is 1.68 bits per heavy atom. The standard InChI is InChI=1S/C21H30N2O2/c1-24-20-6-4-17(13-21(20)25-2)14-22-7-9-23(10-8-22)15-19-12-16-3-5-18(19)11-16/h3-6,13,16,18-19H,7-12,14-15H2,1-2H3/t16-,18+,19-/m1/s1. The van der Waals surface area contributed by atoms with Crippen molar-refractivity contribution < 1.29 is 9.47 Å². The molecule has 0 N–H and O–H groups in total. The minimum absolute atomic E-state index is 0.802. The van der Waals surface area contributed by atoms with Crippen LogP contribution in [0.3, 0.4) is 0 Å². The maximum Gasteiger partial charge on any atom is 0.161 e. The van der Waals surface area contributed by atoms with Gasteiger partial charge in [0.2, 0.25) is 0 Å². The molecule has 136 valence electrons. The van der Waals surface area contributed by atoms with Gasteiger partial charge in [-0.3, -0.25) is 4.90 Å². The first-order valence-corrected chi connectivity index (χ1v) is 9.59. The number of allylic oxidation sites excluding steroid dienone is 2. The summed E-state index contributed by atoms with van der Waals surface area (Å²) in [6.07, 6.45) is 7.77. The first-order valence-electron chi connectivity index (χ1n) is 9.59. The summed E-state index contributed by atoms with van der Waals surface area (Å²) < 4.78 is 10.8. The van der Waals surface area contributed by atoms with Crippen molar-refractivity contribution in [2.24, 2.45) is 17.8 Å². The molecule has 4 heteroatoms. The molecule has 0 radical (unpaired) electrons. The normalized spacial score (nSPS) is 29.3. The van der Waals surface area contributed by atoms with Gasteiger partial charge in [-0.25, -0.2) is 0 Å². The van der Waals surface area contributed by atoms with E-state index < -0.39 is 0 Å². The first kappa shape index (κ1) is 16.9. The van der Waals surface area contributed by atoms with Crippen LogP contribution >= 0.6 is 0 Å². The second-order valence-corrected chi connectivity index (χ2v) is 7.81. The van der Waals surface area contributed by atoms with E-state index in [1.165, 1.54) is 38.0 Å². The van der Waals surface area contributed by atoms with Crippen LogP contribution in [0.15, 0.2) is 30.4 Å². The summed E-state index contributed by atoms with van der Waals surface area (Å²) in [4.78, 5) is 5.24. The van der Waals surface area contributed by atoms with E-state index in [9.17, 15) is 0 Å². The van der Waals surface area contributed by atoms with Crippen LogP contribution in [0.1, 0.15) is 18.4 Å². The summed E-state index contributed by atoms with van der Waals surface area (Å²) in [5.41, 5.74) is 1.30. The van der Waals surface area contributed by atoms with Gasteiger partial charge < -0.3 is 14.4 Å². The van der Waals surface area contributed by atoms with Crippen LogP contribution in [-0.4, -0.2) is 56.7 Å². The summed E-state index contributed by atoms with van der Waals surface area (Å²) in [6, 6.07) is 6.26. The number of methoxy groups -OCH3 is 2. The largest absolute Gasteiger partial charge is 0.493 e. The van der Waals surface area contributed by atoms with E-state index in [2.05, 4.69) is 34.1 Å². The molecule has 1 aliphatic heterocycles. The summed E-state index contributed by atoms with van der Waals surface area (Å²) in [5, 5.41) is 0. The maximum atomic E-state index is 5.42. The fraction of sp³-hybridized carbons (Fsp3) is 0.619. The Morgan fingerprint density at radius 3 is 2.32 bits per heavy atom. The third-order valence-corrected chi connectivity index (χ3v) is 6.23. The molecule has 25 heavy (non-hydrogen) atoms. The van der Waals surface area contributed by atoms with Crippen LogP contribution in [0.4, 0.5) is 0 Å². The minimum atomic E-state index is 0.802. The molecule has 2 aliphatic carbocycles. The van der Waals surface area contributed by atoms with Crippen molar-refractivity contribution in [3.05, 3.63) is 35.9 Å². The Bertz CT molecular complexity index is 622. The molecule has 1 aromatic rings. The Balaban J connectivity index is 1.27. The Hall–Kier alpha value is -1.52. The predicted octanol–water partition coefficient (Wildman–Crippen LogP) is 3.03. The van der Waals surface area contributed by atoms with Crippen LogP contribution < -0.4 is 9.47 Å². The number of benzene rings is 1. The average molecular weight is 342 g/mol. The van der Waals surface area contributed by atoms with Crippen LogP contribution in [0.5, 0.6) is 11.5 Å². The lowest BCUT2D eigenvalue weighted by molar-refractivity contribution is 0.108. The van der Waals surface area contributed by atoms with Crippen LogP contribution in [0.25, 0.3) is 0 Å². The van der Waals surface area contributed by atoms with Crippen molar-refractivity contribution in [2.45, 2.75) is 19.4 Å². The van der Waals surface area contributed by atoms with Gasteiger partial charge in [-0.2, -0.15) is 0 Å². The van der Waals surface area contributed by atoms with Crippen LogP contribution in [0, 0.1) is 17.8 Å². The first-order chi connectivity index (χ1) is 12.2. The fourth-order valence-corrected chi connectivity index (χ4v) is 4.80. The molecule has 1 aromatic carbocycles. The monoisotopic (exact) mass is 342 g/mol.